The summed E-state index contributed by atoms with van der Waals surface area (Å²) in [5.74, 6) is 0.746. The summed E-state index contributed by atoms with van der Waals surface area (Å²) < 4.78 is 5.15. The van der Waals surface area contributed by atoms with Gasteiger partial charge in [-0.15, -0.1) is 12.4 Å². The molecule has 0 spiro atoms. The first-order valence-electron chi connectivity index (χ1n) is 7.26. The van der Waals surface area contributed by atoms with Gasteiger partial charge in [-0.3, -0.25) is 9.78 Å². The van der Waals surface area contributed by atoms with Gasteiger partial charge in [0.05, 0.1) is 31.5 Å². The molecule has 0 saturated carbocycles. The molecule has 23 heavy (non-hydrogen) atoms. The Morgan fingerprint density at radius 1 is 1.26 bits per heavy atom. The van der Waals surface area contributed by atoms with E-state index < -0.39 is 0 Å². The molecule has 124 valence electrons. The molecule has 1 aromatic heterocycles. The SMILES string of the molecule is CCC(NC(=O)Cc1ccc(N)cn1)c1ccc(OC)cc1.Cl. The summed E-state index contributed by atoms with van der Waals surface area (Å²) in [6, 6.07) is 11.2. The quantitative estimate of drug-likeness (QED) is 0.851. The molecule has 0 fully saturated rings. The number of nitrogens with zero attached hydrogens (tertiary/aromatic N) is 1. The molecule has 0 aliphatic rings. The number of aromatic nitrogens is 1. The van der Waals surface area contributed by atoms with Crippen molar-refractivity contribution in [1.82, 2.24) is 10.3 Å². The topological polar surface area (TPSA) is 77.2 Å². The second-order valence-corrected chi connectivity index (χ2v) is 5.06. The number of pyridine rings is 1. The first-order valence-corrected chi connectivity index (χ1v) is 7.26. The number of hydrogen-bond acceptors (Lipinski definition) is 4. The summed E-state index contributed by atoms with van der Waals surface area (Å²) in [5.41, 5.74) is 7.94. The summed E-state index contributed by atoms with van der Waals surface area (Å²) in [5, 5.41) is 3.03. The molecule has 2 rings (SSSR count). The molecule has 2 aromatic rings. The molecule has 1 unspecified atom stereocenters. The van der Waals surface area contributed by atoms with Gasteiger partial charge in [0.15, 0.2) is 0 Å². The van der Waals surface area contributed by atoms with Crippen molar-refractivity contribution in [3.05, 3.63) is 53.9 Å². The van der Waals surface area contributed by atoms with E-state index in [1.54, 1.807) is 25.4 Å². The van der Waals surface area contributed by atoms with Gasteiger partial charge in [0, 0.05) is 5.69 Å². The fourth-order valence-corrected chi connectivity index (χ4v) is 2.21. The molecule has 1 heterocycles. The van der Waals surface area contributed by atoms with Crippen molar-refractivity contribution in [2.75, 3.05) is 12.8 Å². The van der Waals surface area contributed by atoms with Crippen LogP contribution < -0.4 is 15.8 Å². The van der Waals surface area contributed by atoms with E-state index in [4.69, 9.17) is 10.5 Å². The highest BCUT2D eigenvalue weighted by Gasteiger charge is 2.13. The lowest BCUT2D eigenvalue weighted by Gasteiger charge is -2.17. The predicted molar refractivity (Wildman–Crippen MR) is 93.8 cm³/mol. The lowest BCUT2D eigenvalue weighted by atomic mass is 10.0. The number of carbonyl (C=O) groups is 1. The number of rotatable bonds is 6. The van der Waals surface area contributed by atoms with Crippen LogP contribution in [0.1, 0.15) is 30.6 Å². The minimum Gasteiger partial charge on any atom is -0.497 e. The number of nitrogen functional groups attached to an aromatic ring is 1. The summed E-state index contributed by atoms with van der Waals surface area (Å²) in [6.45, 7) is 2.04. The van der Waals surface area contributed by atoms with Gasteiger partial charge in [0.1, 0.15) is 5.75 Å². The molecule has 3 N–H and O–H groups in total. The molecule has 5 nitrogen and oxygen atoms in total. The van der Waals surface area contributed by atoms with Crippen molar-refractivity contribution < 1.29 is 9.53 Å². The average Bonchev–Trinajstić information content (AvgIpc) is 2.55. The molecule has 1 atom stereocenters. The zero-order valence-electron chi connectivity index (χ0n) is 13.3. The highest BCUT2D eigenvalue weighted by atomic mass is 35.5. The van der Waals surface area contributed by atoms with E-state index in [-0.39, 0.29) is 30.8 Å². The molecule has 1 amide bonds. The predicted octanol–water partition coefficient (Wildman–Crippen LogP) is 2.90. The fraction of sp³-hybridized carbons (Fsp3) is 0.294. The van der Waals surface area contributed by atoms with E-state index in [1.165, 1.54) is 0 Å². The smallest absolute Gasteiger partial charge is 0.226 e. The third kappa shape index (κ3) is 5.45. The number of nitrogens with two attached hydrogens (primary N) is 1. The molecular weight excluding hydrogens is 314 g/mol. The third-order valence-electron chi connectivity index (χ3n) is 3.45. The van der Waals surface area contributed by atoms with Crippen LogP contribution in [0.4, 0.5) is 5.69 Å². The highest BCUT2D eigenvalue weighted by Crippen LogP contribution is 2.20. The number of anilines is 1. The first-order chi connectivity index (χ1) is 10.6. The maximum Gasteiger partial charge on any atom is 0.226 e. The molecule has 0 bridgehead atoms. The second-order valence-electron chi connectivity index (χ2n) is 5.06. The fourth-order valence-electron chi connectivity index (χ4n) is 2.21. The van der Waals surface area contributed by atoms with Gasteiger partial charge >= 0.3 is 0 Å². The normalized spacial score (nSPS) is 11.2. The standard InChI is InChI=1S/C17H21N3O2.ClH/c1-3-16(12-4-8-15(22-2)9-5-12)20-17(21)10-14-7-6-13(18)11-19-14;/h4-9,11,16H,3,10,18H2,1-2H3,(H,20,21);1H. The number of amides is 1. The van der Waals surface area contributed by atoms with Crippen LogP contribution in [0.25, 0.3) is 0 Å². The summed E-state index contributed by atoms with van der Waals surface area (Å²) in [6.07, 6.45) is 2.61. The van der Waals surface area contributed by atoms with Crippen molar-refractivity contribution >= 4 is 24.0 Å². The molecule has 0 radical (unpaired) electrons. The summed E-state index contributed by atoms with van der Waals surface area (Å²) in [4.78, 5) is 16.3. The summed E-state index contributed by atoms with van der Waals surface area (Å²) >= 11 is 0. The number of halogens is 1. The van der Waals surface area contributed by atoms with Gasteiger partial charge in [0.2, 0.25) is 5.91 Å². The van der Waals surface area contributed by atoms with Gasteiger partial charge in [-0.2, -0.15) is 0 Å². The van der Waals surface area contributed by atoms with Crippen molar-refractivity contribution in [2.45, 2.75) is 25.8 Å². The Morgan fingerprint density at radius 3 is 2.48 bits per heavy atom. The minimum atomic E-state index is -0.0556. The van der Waals surface area contributed by atoms with Gasteiger partial charge in [-0.1, -0.05) is 19.1 Å². The number of benzene rings is 1. The Bertz CT molecular complexity index is 615. The highest BCUT2D eigenvalue weighted by molar-refractivity contribution is 5.85. The van der Waals surface area contributed by atoms with Crippen molar-refractivity contribution in [1.29, 1.82) is 0 Å². The maximum absolute atomic E-state index is 12.2. The molecule has 0 aliphatic heterocycles. The Kier molecular flexibility index (Phi) is 7.35. The van der Waals surface area contributed by atoms with Gasteiger partial charge in [-0.25, -0.2) is 0 Å². The largest absolute Gasteiger partial charge is 0.497 e. The lowest BCUT2D eigenvalue weighted by molar-refractivity contribution is -0.121. The van der Waals surface area contributed by atoms with Gasteiger partial charge in [-0.05, 0) is 36.2 Å². The molecular formula is C17H22ClN3O2. The van der Waals surface area contributed by atoms with Gasteiger partial charge < -0.3 is 15.8 Å². The first kappa shape index (κ1) is 18.8. The number of hydrogen-bond donors (Lipinski definition) is 2. The molecule has 1 aromatic carbocycles. The van der Waals surface area contributed by atoms with Crippen LogP contribution in [0.2, 0.25) is 0 Å². The number of ether oxygens (including phenoxy) is 1. The Morgan fingerprint density at radius 2 is 1.96 bits per heavy atom. The van der Waals surface area contributed by atoms with Crippen LogP contribution in [-0.2, 0) is 11.2 Å². The van der Waals surface area contributed by atoms with Crippen molar-refractivity contribution in [3.63, 3.8) is 0 Å². The number of methoxy groups -OCH3 is 1. The maximum atomic E-state index is 12.2. The van der Waals surface area contributed by atoms with Crippen molar-refractivity contribution in [2.24, 2.45) is 0 Å². The Labute approximate surface area is 142 Å². The molecule has 6 heteroatoms. The number of nitrogens with one attached hydrogen (secondary N) is 1. The summed E-state index contributed by atoms with van der Waals surface area (Å²) in [7, 11) is 1.63. The van der Waals surface area contributed by atoms with Crippen LogP contribution in [0.3, 0.4) is 0 Å². The van der Waals surface area contributed by atoms with E-state index in [0.717, 1.165) is 17.7 Å². The van der Waals surface area contributed by atoms with Gasteiger partial charge in [0.25, 0.3) is 0 Å². The van der Waals surface area contributed by atoms with E-state index in [9.17, 15) is 4.79 Å². The van der Waals surface area contributed by atoms with Crippen LogP contribution in [-0.4, -0.2) is 18.0 Å². The van der Waals surface area contributed by atoms with Crippen LogP contribution in [0.5, 0.6) is 5.75 Å². The molecule has 0 saturated heterocycles. The Balaban J connectivity index is 0.00000264. The van der Waals surface area contributed by atoms with E-state index in [2.05, 4.69) is 10.3 Å². The van der Waals surface area contributed by atoms with E-state index in [0.29, 0.717) is 11.4 Å². The van der Waals surface area contributed by atoms with Crippen molar-refractivity contribution in [3.8, 4) is 5.75 Å². The Hall–Kier alpha value is -2.27. The zero-order chi connectivity index (χ0) is 15.9. The van der Waals surface area contributed by atoms with E-state index >= 15 is 0 Å². The zero-order valence-corrected chi connectivity index (χ0v) is 14.1. The van der Waals surface area contributed by atoms with Crippen LogP contribution in [0, 0.1) is 0 Å². The minimum absolute atomic E-state index is 0. The average molecular weight is 336 g/mol. The monoisotopic (exact) mass is 335 g/mol. The van der Waals surface area contributed by atoms with E-state index in [1.807, 2.05) is 31.2 Å². The third-order valence-corrected chi connectivity index (χ3v) is 3.45. The number of carbonyl (C=O) groups excluding carboxylic acids is 1. The van der Waals surface area contributed by atoms with Crippen LogP contribution in [0.15, 0.2) is 42.6 Å². The van der Waals surface area contributed by atoms with Crippen LogP contribution >= 0.6 is 12.4 Å². The molecule has 0 aliphatic carbocycles. The second kappa shape index (κ2) is 9.00. The lowest BCUT2D eigenvalue weighted by Crippen LogP contribution is -2.29.